The summed E-state index contributed by atoms with van der Waals surface area (Å²) in [7, 11) is 0. The van der Waals surface area contributed by atoms with E-state index in [9.17, 15) is 0 Å². The molecule has 4 heteroatoms. The molecule has 0 aliphatic heterocycles. The van der Waals surface area contributed by atoms with Crippen molar-refractivity contribution >= 4 is 17.7 Å². The predicted octanol–water partition coefficient (Wildman–Crippen LogP) is 5.74. The second kappa shape index (κ2) is 7.84. The molecule has 1 heterocycles. The monoisotopic (exact) mass is 338 g/mol. The van der Waals surface area contributed by atoms with Gasteiger partial charge in [-0.1, -0.05) is 35.9 Å². The quantitative estimate of drug-likeness (QED) is 0.573. The number of benzene rings is 2. The van der Waals surface area contributed by atoms with E-state index in [-0.39, 0.29) is 0 Å². The number of halogens is 1. The third-order valence-corrected chi connectivity index (χ3v) is 3.95. The number of imidazole rings is 1. The van der Waals surface area contributed by atoms with E-state index in [0.717, 1.165) is 35.9 Å². The Labute approximate surface area is 147 Å². The van der Waals surface area contributed by atoms with Gasteiger partial charge in [-0.15, -0.1) is 0 Å². The van der Waals surface area contributed by atoms with Gasteiger partial charge in [-0.25, -0.2) is 4.98 Å². The fraction of sp³-hybridized carbons (Fsp3) is 0.150. The summed E-state index contributed by atoms with van der Waals surface area (Å²) in [6, 6.07) is 15.4. The molecule has 3 nitrogen and oxygen atoms in total. The van der Waals surface area contributed by atoms with Crippen molar-refractivity contribution in [1.29, 1.82) is 0 Å². The number of hydrogen-bond acceptors (Lipinski definition) is 2. The number of ether oxygens (including phenoxy) is 1. The highest BCUT2D eigenvalue weighted by molar-refractivity contribution is 6.30. The Morgan fingerprint density at radius 1 is 1.04 bits per heavy atom. The minimum absolute atomic E-state index is 0.703. The first-order chi connectivity index (χ1) is 11.7. The van der Waals surface area contributed by atoms with Gasteiger partial charge in [0, 0.05) is 24.0 Å². The standard InChI is InChI=1S/C20H19ClN2O/c1-16-22-13-15-23(16)14-3-2-4-17-5-9-19(10-6-17)24-20-11-7-18(21)8-12-20/h2,4-13,15H,3,14H2,1H3. The molecule has 0 saturated carbocycles. The fourth-order valence-electron chi connectivity index (χ4n) is 2.36. The summed E-state index contributed by atoms with van der Waals surface area (Å²) in [6.45, 7) is 2.96. The SMILES string of the molecule is Cc1nccn1CCC=Cc1ccc(Oc2ccc(Cl)cc2)cc1. The highest BCUT2D eigenvalue weighted by Crippen LogP contribution is 2.23. The van der Waals surface area contributed by atoms with Gasteiger partial charge in [0.25, 0.3) is 0 Å². The van der Waals surface area contributed by atoms with Crippen LogP contribution in [-0.4, -0.2) is 9.55 Å². The van der Waals surface area contributed by atoms with Crippen molar-refractivity contribution in [1.82, 2.24) is 9.55 Å². The first-order valence-electron chi connectivity index (χ1n) is 7.88. The fourth-order valence-corrected chi connectivity index (χ4v) is 2.48. The minimum Gasteiger partial charge on any atom is -0.457 e. The molecule has 0 amide bonds. The van der Waals surface area contributed by atoms with E-state index < -0.39 is 0 Å². The molecule has 0 radical (unpaired) electrons. The molecule has 24 heavy (non-hydrogen) atoms. The lowest BCUT2D eigenvalue weighted by Gasteiger charge is -2.06. The molecule has 1 aromatic heterocycles. The van der Waals surface area contributed by atoms with Gasteiger partial charge in [0.15, 0.2) is 0 Å². The van der Waals surface area contributed by atoms with Crippen LogP contribution in [-0.2, 0) is 6.54 Å². The second-order valence-corrected chi connectivity index (χ2v) is 5.92. The summed E-state index contributed by atoms with van der Waals surface area (Å²) in [5.41, 5.74) is 1.15. The number of hydrogen-bond donors (Lipinski definition) is 0. The molecule has 2 aromatic carbocycles. The molecule has 0 unspecified atom stereocenters. The second-order valence-electron chi connectivity index (χ2n) is 5.48. The van der Waals surface area contributed by atoms with Crippen LogP contribution in [0, 0.1) is 6.92 Å². The number of aryl methyl sites for hydroxylation is 2. The highest BCUT2D eigenvalue weighted by atomic mass is 35.5. The summed E-state index contributed by atoms with van der Waals surface area (Å²) < 4.78 is 7.93. The zero-order valence-corrected chi connectivity index (χ0v) is 14.3. The molecule has 0 atom stereocenters. The average molecular weight is 339 g/mol. The van der Waals surface area contributed by atoms with Crippen LogP contribution in [0.1, 0.15) is 17.8 Å². The lowest BCUT2D eigenvalue weighted by molar-refractivity contribution is 0.482. The maximum absolute atomic E-state index is 5.87. The Morgan fingerprint density at radius 3 is 2.33 bits per heavy atom. The normalized spacial score (nSPS) is 11.1. The first kappa shape index (κ1) is 16.3. The van der Waals surface area contributed by atoms with Crippen molar-refractivity contribution in [3.63, 3.8) is 0 Å². The van der Waals surface area contributed by atoms with Gasteiger partial charge in [0.2, 0.25) is 0 Å². The van der Waals surface area contributed by atoms with Gasteiger partial charge >= 0.3 is 0 Å². The molecular formula is C20H19ClN2O. The summed E-state index contributed by atoms with van der Waals surface area (Å²) in [6.07, 6.45) is 9.11. The van der Waals surface area contributed by atoms with Crippen molar-refractivity contribution in [3.8, 4) is 11.5 Å². The third-order valence-electron chi connectivity index (χ3n) is 3.70. The van der Waals surface area contributed by atoms with Crippen molar-refractivity contribution in [2.24, 2.45) is 0 Å². The molecule has 3 aromatic rings. The smallest absolute Gasteiger partial charge is 0.127 e. The Morgan fingerprint density at radius 2 is 1.71 bits per heavy atom. The van der Waals surface area contributed by atoms with Gasteiger partial charge < -0.3 is 9.30 Å². The van der Waals surface area contributed by atoms with Crippen LogP contribution in [0.15, 0.2) is 67.0 Å². The van der Waals surface area contributed by atoms with Gasteiger partial charge in [-0.05, 0) is 55.3 Å². The van der Waals surface area contributed by atoms with E-state index in [2.05, 4.69) is 21.7 Å². The Balaban J connectivity index is 1.53. The van der Waals surface area contributed by atoms with Crippen molar-refractivity contribution < 1.29 is 4.74 Å². The maximum atomic E-state index is 5.87. The molecule has 0 bridgehead atoms. The van der Waals surface area contributed by atoms with Crippen LogP contribution in [0.25, 0.3) is 6.08 Å². The molecule has 3 rings (SSSR count). The van der Waals surface area contributed by atoms with Gasteiger partial charge in [0.1, 0.15) is 17.3 Å². The van der Waals surface area contributed by atoms with Crippen LogP contribution in [0.2, 0.25) is 5.02 Å². The molecule has 0 spiro atoms. The number of nitrogens with zero attached hydrogens (tertiary/aromatic N) is 2. The number of aromatic nitrogens is 2. The van der Waals surface area contributed by atoms with Gasteiger partial charge in [-0.2, -0.15) is 0 Å². The number of allylic oxidation sites excluding steroid dienone is 1. The highest BCUT2D eigenvalue weighted by Gasteiger charge is 1.98. The zero-order chi connectivity index (χ0) is 16.8. The lowest BCUT2D eigenvalue weighted by Crippen LogP contribution is -1.97. The molecule has 0 N–H and O–H groups in total. The van der Waals surface area contributed by atoms with Gasteiger partial charge in [-0.3, -0.25) is 0 Å². The van der Waals surface area contributed by atoms with Crippen molar-refractivity contribution in [2.45, 2.75) is 19.9 Å². The molecule has 0 fully saturated rings. The Kier molecular flexibility index (Phi) is 5.34. The van der Waals surface area contributed by atoms with Gasteiger partial charge in [0.05, 0.1) is 0 Å². The molecule has 0 aliphatic carbocycles. The largest absolute Gasteiger partial charge is 0.457 e. The molecule has 0 aliphatic rings. The topological polar surface area (TPSA) is 27.1 Å². The third kappa shape index (κ3) is 4.49. The van der Waals surface area contributed by atoms with E-state index in [1.165, 1.54) is 0 Å². The van der Waals surface area contributed by atoms with E-state index >= 15 is 0 Å². The average Bonchev–Trinajstić information content (AvgIpc) is 3.00. The Hall–Kier alpha value is -2.52. The minimum atomic E-state index is 0.703. The van der Waals surface area contributed by atoms with E-state index in [1.807, 2.05) is 67.8 Å². The van der Waals surface area contributed by atoms with Crippen LogP contribution < -0.4 is 4.74 Å². The summed E-state index contributed by atoms with van der Waals surface area (Å²) in [5.74, 6) is 2.63. The summed E-state index contributed by atoms with van der Waals surface area (Å²) in [5, 5.41) is 0.703. The lowest BCUT2D eigenvalue weighted by atomic mass is 10.2. The van der Waals surface area contributed by atoms with Crippen LogP contribution in [0.3, 0.4) is 0 Å². The van der Waals surface area contributed by atoms with Crippen LogP contribution in [0.4, 0.5) is 0 Å². The molecular weight excluding hydrogens is 320 g/mol. The summed E-state index contributed by atoms with van der Waals surface area (Å²) >= 11 is 5.87. The summed E-state index contributed by atoms with van der Waals surface area (Å²) in [4.78, 5) is 4.22. The van der Waals surface area contributed by atoms with E-state index in [4.69, 9.17) is 16.3 Å². The number of rotatable bonds is 6. The zero-order valence-electron chi connectivity index (χ0n) is 13.5. The van der Waals surface area contributed by atoms with E-state index in [0.29, 0.717) is 5.02 Å². The van der Waals surface area contributed by atoms with Crippen LogP contribution >= 0.6 is 11.6 Å². The van der Waals surface area contributed by atoms with Crippen molar-refractivity contribution in [3.05, 3.63) is 83.4 Å². The maximum Gasteiger partial charge on any atom is 0.127 e. The first-order valence-corrected chi connectivity index (χ1v) is 8.26. The van der Waals surface area contributed by atoms with E-state index in [1.54, 1.807) is 0 Å². The predicted molar refractivity (Wildman–Crippen MR) is 98.6 cm³/mol. The Bertz CT molecular complexity index is 804. The van der Waals surface area contributed by atoms with Crippen molar-refractivity contribution in [2.75, 3.05) is 0 Å². The molecule has 122 valence electrons. The molecule has 0 saturated heterocycles. The van der Waals surface area contributed by atoms with Crippen LogP contribution in [0.5, 0.6) is 11.5 Å².